The number of hydrogen-bond acceptors (Lipinski definition) is 2. The van der Waals surface area contributed by atoms with Crippen molar-refractivity contribution in [3.8, 4) is 0 Å². The Kier molecular flexibility index (Phi) is 1.03. The highest BCUT2D eigenvalue weighted by molar-refractivity contribution is 6.61. The zero-order valence-corrected chi connectivity index (χ0v) is 5.54. The summed E-state index contributed by atoms with van der Waals surface area (Å²) in [5.41, 5.74) is 0.339. The fourth-order valence-corrected chi connectivity index (χ4v) is 1.02. The lowest BCUT2D eigenvalue weighted by Crippen LogP contribution is -2.27. The molecule has 0 unspecified atom stereocenters. The van der Waals surface area contributed by atoms with E-state index in [1.807, 2.05) is 0 Å². The molecule has 11 heavy (non-hydrogen) atoms. The number of hydrogen-bond donors (Lipinski definition) is 1. The first-order valence-electron chi connectivity index (χ1n) is 4.16. The first kappa shape index (κ1) is 4.90. The van der Waals surface area contributed by atoms with E-state index in [2.05, 4.69) is 4.65 Å². The summed E-state index contributed by atoms with van der Waals surface area (Å²) in [6.45, 7) is -2.10. The van der Waals surface area contributed by atoms with E-state index < -0.39 is 19.5 Å². The van der Waals surface area contributed by atoms with E-state index in [0.29, 0.717) is 0 Å². The largest absolute Gasteiger partial charge is 0.491 e. The number of halogens is 1. The minimum Gasteiger partial charge on any atom is -0.423 e. The number of rotatable bonds is 0. The topological polar surface area (TPSA) is 29.5 Å². The molecule has 1 aliphatic heterocycles. The van der Waals surface area contributed by atoms with Crippen LogP contribution in [0, 0.1) is 5.82 Å². The number of fused-ring (bicyclic) bond motifs is 1. The Bertz CT molecular complexity index is 358. The van der Waals surface area contributed by atoms with Gasteiger partial charge in [0.05, 0.1) is 9.30 Å². The molecule has 1 aliphatic rings. The van der Waals surface area contributed by atoms with Crippen molar-refractivity contribution in [1.29, 1.82) is 0 Å². The zero-order chi connectivity index (χ0) is 9.64. The smallest absolute Gasteiger partial charge is 0.423 e. The molecule has 0 radical (unpaired) electrons. The van der Waals surface area contributed by atoms with Gasteiger partial charge in [0, 0.05) is 0 Å². The van der Waals surface area contributed by atoms with Gasteiger partial charge in [0.1, 0.15) is 5.82 Å². The molecule has 0 bridgehead atoms. The zero-order valence-electron chi connectivity index (χ0n) is 7.54. The lowest BCUT2D eigenvalue weighted by molar-refractivity contribution is 0.275. The SMILES string of the molecule is [2H]C1([2H])OB(O)c2ccc(F)cc21. The highest BCUT2D eigenvalue weighted by atomic mass is 19.1. The molecule has 1 aromatic carbocycles. The standard InChI is InChI=1S/C7H6BFO2/c9-6-1-2-7-5(3-6)4-11-8(7)10/h1-3,10H,4H2/i4D2. The quantitative estimate of drug-likeness (QED) is 0.534. The third kappa shape index (κ3) is 1.04. The molecule has 1 N–H and O–H groups in total. The van der Waals surface area contributed by atoms with E-state index in [0.717, 1.165) is 12.1 Å². The third-order valence-corrected chi connectivity index (χ3v) is 1.56. The van der Waals surface area contributed by atoms with Gasteiger partial charge in [0.2, 0.25) is 0 Å². The highest BCUT2D eigenvalue weighted by Crippen LogP contribution is 2.10. The van der Waals surface area contributed by atoms with E-state index in [9.17, 15) is 9.41 Å². The van der Waals surface area contributed by atoms with Crippen LogP contribution in [0.15, 0.2) is 18.2 Å². The first-order chi connectivity index (χ1) is 6.00. The molecule has 4 heteroatoms. The van der Waals surface area contributed by atoms with E-state index >= 15 is 0 Å². The van der Waals surface area contributed by atoms with Crippen molar-refractivity contribution >= 4 is 12.6 Å². The van der Waals surface area contributed by atoms with Gasteiger partial charge < -0.3 is 9.68 Å². The molecular formula is C7H6BFO2. The van der Waals surface area contributed by atoms with Crippen molar-refractivity contribution in [1.82, 2.24) is 0 Å². The molecule has 56 valence electrons. The molecule has 0 aromatic heterocycles. The van der Waals surface area contributed by atoms with Crippen molar-refractivity contribution in [3.05, 3.63) is 29.6 Å². The maximum atomic E-state index is 12.7. The van der Waals surface area contributed by atoms with Crippen LogP contribution in [-0.2, 0) is 11.2 Å². The van der Waals surface area contributed by atoms with E-state index in [1.165, 1.54) is 6.07 Å². The van der Waals surface area contributed by atoms with E-state index in [4.69, 9.17) is 2.74 Å². The van der Waals surface area contributed by atoms with Crippen LogP contribution in [0.4, 0.5) is 4.39 Å². The van der Waals surface area contributed by atoms with Crippen molar-refractivity contribution in [3.63, 3.8) is 0 Å². The van der Waals surface area contributed by atoms with Crippen molar-refractivity contribution < 1.29 is 16.8 Å². The molecule has 0 saturated heterocycles. The van der Waals surface area contributed by atoms with Crippen molar-refractivity contribution in [2.75, 3.05) is 0 Å². The molecule has 0 fully saturated rings. The van der Waals surface area contributed by atoms with Crippen molar-refractivity contribution in [2.24, 2.45) is 0 Å². The van der Waals surface area contributed by atoms with Gasteiger partial charge in [0.25, 0.3) is 0 Å². The first-order valence-corrected chi connectivity index (χ1v) is 3.16. The Morgan fingerprint density at radius 1 is 1.73 bits per heavy atom. The molecule has 0 aliphatic carbocycles. The van der Waals surface area contributed by atoms with Crippen LogP contribution in [0.3, 0.4) is 0 Å². The van der Waals surface area contributed by atoms with Gasteiger partial charge in [-0.15, -0.1) is 0 Å². The third-order valence-electron chi connectivity index (χ3n) is 1.56. The molecular weight excluding hydrogens is 146 g/mol. The van der Waals surface area contributed by atoms with Crippen LogP contribution in [0.2, 0.25) is 0 Å². The molecule has 2 rings (SSSR count). The second kappa shape index (κ2) is 2.32. The molecule has 0 atom stereocenters. The molecule has 0 amide bonds. The van der Waals surface area contributed by atoms with E-state index in [1.54, 1.807) is 0 Å². The summed E-state index contributed by atoms with van der Waals surface area (Å²) in [5, 5.41) is 9.22. The molecule has 1 heterocycles. The average molecular weight is 154 g/mol. The van der Waals surface area contributed by atoms with Gasteiger partial charge in [-0.25, -0.2) is 4.39 Å². The van der Waals surface area contributed by atoms with Gasteiger partial charge >= 0.3 is 7.12 Å². The molecule has 0 spiro atoms. The summed E-state index contributed by atoms with van der Waals surface area (Å²) in [5.74, 6) is -0.541. The monoisotopic (exact) mass is 154 g/mol. The summed E-state index contributed by atoms with van der Waals surface area (Å²) < 4.78 is 32.0. The van der Waals surface area contributed by atoms with Crippen LogP contribution in [0.1, 0.15) is 8.30 Å². The summed E-state index contributed by atoms with van der Waals surface area (Å²) in [6, 6.07) is 3.51. The summed E-state index contributed by atoms with van der Waals surface area (Å²) >= 11 is 0. The Labute approximate surface area is 66.6 Å². The maximum absolute atomic E-state index is 12.7. The van der Waals surface area contributed by atoms with Crippen LogP contribution in [0.5, 0.6) is 0 Å². The fraction of sp³-hybridized carbons (Fsp3) is 0.143. The van der Waals surface area contributed by atoms with E-state index in [-0.39, 0.29) is 11.0 Å². The van der Waals surface area contributed by atoms with Crippen LogP contribution in [-0.4, -0.2) is 12.1 Å². The van der Waals surface area contributed by atoms with Crippen LogP contribution >= 0.6 is 0 Å². The summed E-state index contributed by atoms with van der Waals surface area (Å²) in [4.78, 5) is 0. The fourth-order valence-electron chi connectivity index (χ4n) is 1.02. The minimum atomic E-state index is -2.10. The predicted molar refractivity (Wildman–Crippen MR) is 38.8 cm³/mol. The minimum absolute atomic E-state index is 0.0556. The number of benzene rings is 1. The second-order valence-electron chi connectivity index (χ2n) is 2.30. The highest BCUT2D eigenvalue weighted by Gasteiger charge is 2.26. The molecule has 1 aromatic rings. The molecule has 0 saturated carbocycles. The lowest BCUT2D eigenvalue weighted by atomic mass is 9.80. The average Bonchev–Trinajstić information content (AvgIpc) is 2.23. The lowest BCUT2D eigenvalue weighted by Gasteiger charge is -1.95. The second-order valence-corrected chi connectivity index (χ2v) is 2.30. The normalized spacial score (nSPS) is 22.5. The van der Waals surface area contributed by atoms with Crippen LogP contribution in [0.25, 0.3) is 0 Å². The van der Waals surface area contributed by atoms with Crippen molar-refractivity contribution in [2.45, 2.75) is 6.56 Å². The van der Waals surface area contributed by atoms with Gasteiger partial charge in [0.15, 0.2) is 0 Å². The Morgan fingerprint density at radius 3 is 3.36 bits per heavy atom. The van der Waals surface area contributed by atoms with Gasteiger partial charge in [-0.05, 0) is 23.2 Å². The Morgan fingerprint density at radius 2 is 2.55 bits per heavy atom. The summed E-state index contributed by atoms with van der Waals surface area (Å²) in [6.07, 6.45) is 0. The Hall–Kier alpha value is -0.865. The van der Waals surface area contributed by atoms with Crippen LogP contribution < -0.4 is 5.46 Å². The van der Waals surface area contributed by atoms with Gasteiger partial charge in [-0.3, -0.25) is 0 Å². The Balaban J connectivity index is 2.60. The van der Waals surface area contributed by atoms with Gasteiger partial charge in [-0.2, -0.15) is 0 Å². The predicted octanol–water partition coefficient (Wildman–Crippen LogP) is 0.0434. The maximum Gasteiger partial charge on any atom is 0.491 e. The summed E-state index contributed by atoms with van der Waals surface area (Å²) in [7, 11) is -1.30. The molecule has 2 nitrogen and oxygen atoms in total. The van der Waals surface area contributed by atoms with Gasteiger partial charge in [-0.1, -0.05) is 6.07 Å².